The molecule has 2 rings (SSSR count). The summed E-state index contributed by atoms with van der Waals surface area (Å²) in [6.45, 7) is 5.20. The molecule has 104 valence electrons. The minimum atomic E-state index is 0.342. The van der Waals surface area contributed by atoms with E-state index in [0.29, 0.717) is 6.04 Å². The lowest BCUT2D eigenvalue weighted by molar-refractivity contribution is 0.540. The average molecular weight is 342 g/mol. The lowest BCUT2D eigenvalue weighted by atomic mass is 10.1. The van der Waals surface area contributed by atoms with E-state index < -0.39 is 0 Å². The zero-order valence-corrected chi connectivity index (χ0v) is 14.0. The number of halogens is 1. The summed E-state index contributed by atoms with van der Waals surface area (Å²) in [5, 5.41) is 12.4. The van der Waals surface area contributed by atoms with E-state index in [-0.39, 0.29) is 0 Å². The van der Waals surface area contributed by atoms with Gasteiger partial charge < -0.3 is 5.32 Å². The molecule has 0 fully saturated rings. The van der Waals surface area contributed by atoms with Crippen LogP contribution < -0.4 is 5.32 Å². The molecule has 1 N–H and O–H groups in total. The average Bonchev–Trinajstić information content (AvgIpc) is 3.04. The molecule has 1 atom stereocenters. The number of hydrogen-bond donors (Lipinski definition) is 1. The number of nitrogens with one attached hydrogen (secondary N) is 1. The monoisotopic (exact) mass is 341 g/mol. The molecule has 5 heteroatoms. The standard InChI is InChI=1S/C14H20BrN3S/c1-4-11-14(15)13(18(5-2)17-11)8-12(16-3)10-6-7-19-9-10/h6-7,9,12,16H,4-5,8H2,1-3H3. The van der Waals surface area contributed by atoms with Gasteiger partial charge in [-0.3, -0.25) is 4.68 Å². The Balaban J connectivity index is 2.29. The molecule has 0 aliphatic rings. The van der Waals surface area contributed by atoms with Gasteiger partial charge in [0.1, 0.15) is 0 Å². The molecule has 0 aliphatic carbocycles. The zero-order valence-electron chi connectivity index (χ0n) is 11.6. The summed E-state index contributed by atoms with van der Waals surface area (Å²) in [6, 6.07) is 2.53. The first-order valence-electron chi connectivity index (χ1n) is 6.64. The van der Waals surface area contributed by atoms with Gasteiger partial charge in [-0.25, -0.2) is 0 Å². The highest BCUT2D eigenvalue weighted by Crippen LogP contribution is 2.28. The second-order valence-electron chi connectivity index (χ2n) is 4.48. The molecule has 0 saturated heterocycles. The Morgan fingerprint density at radius 3 is 2.79 bits per heavy atom. The van der Waals surface area contributed by atoms with E-state index in [2.05, 4.69) is 61.7 Å². The van der Waals surface area contributed by atoms with Gasteiger partial charge in [0.15, 0.2) is 0 Å². The summed E-state index contributed by atoms with van der Waals surface area (Å²) >= 11 is 5.46. The molecule has 0 bridgehead atoms. The molecule has 0 amide bonds. The topological polar surface area (TPSA) is 29.9 Å². The number of aryl methyl sites for hydroxylation is 2. The molecule has 2 aromatic heterocycles. The van der Waals surface area contributed by atoms with E-state index in [9.17, 15) is 0 Å². The van der Waals surface area contributed by atoms with Crippen LogP contribution in [0.4, 0.5) is 0 Å². The van der Waals surface area contributed by atoms with Gasteiger partial charge in [-0.15, -0.1) is 0 Å². The van der Waals surface area contributed by atoms with Crippen LogP contribution in [0.25, 0.3) is 0 Å². The van der Waals surface area contributed by atoms with Crippen molar-refractivity contribution in [1.29, 1.82) is 0 Å². The van der Waals surface area contributed by atoms with Gasteiger partial charge in [-0.2, -0.15) is 16.4 Å². The van der Waals surface area contributed by atoms with Gasteiger partial charge in [0, 0.05) is 19.0 Å². The number of thiophene rings is 1. The second kappa shape index (κ2) is 6.68. The molecule has 0 saturated carbocycles. The first kappa shape index (κ1) is 14.8. The molecule has 2 aromatic rings. The molecule has 19 heavy (non-hydrogen) atoms. The van der Waals surface area contributed by atoms with Gasteiger partial charge >= 0.3 is 0 Å². The number of nitrogens with zero attached hydrogens (tertiary/aromatic N) is 2. The van der Waals surface area contributed by atoms with Crippen molar-refractivity contribution in [3.05, 3.63) is 38.3 Å². The number of hydrogen-bond acceptors (Lipinski definition) is 3. The minimum Gasteiger partial charge on any atom is -0.313 e. The van der Waals surface area contributed by atoms with Gasteiger partial charge in [-0.05, 0) is 58.7 Å². The maximum Gasteiger partial charge on any atom is 0.0766 e. The SMILES string of the molecule is CCc1nn(CC)c(CC(NC)c2ccsc2)c1Br. The third kappa shape index (κ3) is 3.09. The Labute approximate surface area is 127 Å². The zero-order chi connectivity index (χ0) is 13.8. The summed E-state index contributed by atoms with van der Waals surface area (Å²) in [6.07, 6.45) is 1.91. The van der Waals surface area contributed by atoms with Crippen LogP contribution in [0, 0.1) is 0 Å². The van der Waals surface area contributed by atoms with Gasteiger partial charge in [-0.1, -0.05) is 6.92 Å². The highest BCUT2D eigenvalue weighted by Gasteiger charge is 2.19. The van der Waals surface area contributed by atoms with Crippen molar-refractivity contribution >= 4 is 27.3 Å². The smallest absolute Gasteiger partial charge is 0.0766 e. The molecule has 0 radical (unpaired) electrons. The van der Waals surface area contributed by atoms with E-state index in [1.807, 2.05) is 7.05 Å². The van der Waals surface area contributed by atoms with E-state index in [0.717, 1.165) is 25.1 Å². The normalized spacial score (nSPS) is 12.8. The Hall–Kier alpha value is -0.650. The Morgan fingerprint density at radius 1 is 1.47 bits per heavy atom. The van der Waals surface area contributed by atoms with Crippen molar-refractivity contribution < 1.29 is 0 Å². The van der Waals surface area contributed by atoms with Crippen molar-refractivity contribution in [3.63, 3.8) is 0 Å². The predicted molar refractivity (Wildman–Crippen MR) is 84.8 cm³/mol. The summed E-state index contributed by atoms with van der Waals surface area (Å²) in [5.74, 6) is 0. The summed E-state index contributed by atoms with van der Waals surface area (Å²) in [4.78, 5) is 0. The highest BCUT2D eigenvalue weighted by atomic mass is 79.9. The lowest BCUT2D eigenvalue weighted by Crippen LogP contribution is -2.20. The van der Waals surface area contributed by atoms with Crippen molar-refractivity contribution in [2.45, 2.75) is 39.3 Å². The Bertz CT molecular complexity index is 519. The van der Waals surface area contributed by atoms with Crippen molar-refractivity contribution in [2.24, 2.45) is 0 Å². The van der Waals surface area contributed by atoms with Crippen LogP contribution >= 0.6 is 27.3 Å². The largest absolute Gasteiger partial charge is 0.313 e. The summed E-state index contributed by atoms with van der Waals surface area (Å²) in [7, 11) is 2.02. The third-order valence-corrected chi connectivity index (χ3v) is 5.00. The minimum absolute atomic E-state index is 0.342. The van der Waals surface area contributed by atoms with Crippen LogP contribution in [-0.2, 0) is 19.4 Å². The van der Waals surface area contributed by atoms with E-state index in [4.69, 9.17) is 0 Å². The number of aromatic nitrogens is 2. The number of likely N-dealkylation sites (N-methyl/N-ethyl adjacent to an activating group) is 1. The maximum absolute atomic E-state index is 4.66. The van der Waals surface area contributed by atoms with Crippen LogP contribution in [0.2, 0.25) is 0 Å². The fourth-order valence-corrected chi connectivity index (χ4v) is 3.71. The summed E-state index contributed by atoms with van der Waals surface area (Å²) < 4.78 is 3.28. The molecule has 0 spiro atoms. The van der Waals surface area contributed by atoms with Crippen molar-refractivity contribution in [3.8, 4) is 0 Å². The van der Waals surface area contributed by atoms with Crippen molar-refractivity contribution in [2.75, 3.05) is 7.05 Å². The molecule has 3 nitrogen and oxygen atoms in total. The molecular weight excluding hydrogens is 322 g/mol. The van der Waals surface area contributed by atoms with Gasteiger partial charge in [0.25, 0.3) is 0 Å². The number of rotatable bonds is 6. The Kier molecular flexibility index (Phi) is 5.19. The van der Waals surface area contributed by atoms with E-state index in [1.165, 1.54) is 15.7 Å². The van der Waals surface area contributed by atoms with Crippen LogP contribution in [-0.4, -0.2) is 16.8 Å². The molecule has 2 heterocycles. The molecule has 0 aliphatic heterocycles. The van der Waals surface area contributed by atoms with Crippen LogP contribution in [0.1, 0.15) is 36.8 Å². The molecular formula is C14H20BrN3S. The fraction of sp³-hybridized carbons (Fsp3) is 0.500. The van der Waals surface area contributed by atoms with Gasteiger partial charge in [0.2, 0.25) is 0 Å². The lowest BCUT2D eigenvalue weighted by Gasteiger charge is -2.16. The Morgan fingerprint density at radius 2 is 2.26 bits per heavy atom. The van der Waals surface area contributed by atoms with E-state index >= 15 is 0 Å². The third-order valence-electron chi connectivity index (χ3n) is 3.39. The molecule has 0 aromatic carbocycles. The first-order chi connectivity index (χ1) is 9.21. The quantitative estimate of drug-likeness (QED) is 0.866. The van der Waals surface area contributed by atoms with Crippen LogP contribution in [0.5, 0.6) is 0 Å². The van der Waals surface area contributed by atoms with Crippen LogP contribution in [0.3, 0.4) is 0 Å². The maximum atomic E-state index is 4.66. The van der Waals surface area contributed by atoms with E-state index in [1.54, 1.807) is 11.3 Å². The predicted octanol–water partition coefficient (Wildman–Crippen LogP) is 3.79. The summed E-state index contributed by atoms with van der Waals surface area (Å²) in [5.41, 5.74) is 3.78. The van der Waals surface area contributed by atoms with Gasteiger partial charge in [0.05, 0.1) is 15.9 Å². The second-order valence-corrected chi connectivity index (χ2v) is 6.05. The molecule has 1 unspecified atom stereocenters. The van der Waals surface area contributed by atoms with Crippen LogP contribution in [0.15, 0.2) is 21.3 Å². The highest BCUT2D eigenvalue weighted by molar-refractivity contribution is 9.10. The fourth-order valence-electron chi connectivity index (χ4n) is 2.27. The first-order valence-corrected chi connectivity index (χ1v) is 8.38. The van der Waals surface area contributed by atoms with Crippen molar-refractivity contribution in [1.82, 2.24) is 15.1 Å².